The Morgan fingerprint density at radius 2 is 2.29 bits per heavy atom. The van der Waals surface area contributed by atoms with Gasteiger partial charge in [-0.25, -0.2) is 4.68 Å². The number of ether oxygens (including phenoxy) is 1. The molecule has 0 spiro atoms. The molecule has 0 atom stereocenters. The summed E-state index contributed by atoms with van der Waals surface area (Å²) < 4.78 is 8.78. The van der Waals surface area contributed by atoms with Gasteiger partial charge in [0.05, 0.1) is 18.8 Å². The minimum Gasteiger partial charge on any atom is -0.380 e. The van der Waals surface area contributed by atoms with Crippen molar-refractivity contribution >= 4 is 5.82 Å². The van der Waals surface area contributed by atoms with Crippen molar-refractivity contribution in [2.24, 2.45) is 7.05 Å². The fourth-order valence-corrected chi connectivity index (χ4v) is 1.65. The van der Waals surface area contributed by atoms with Gasteiger partial charge in [-0.05, 0) is 13.0 Å². The molecule has 0 unspecified atom stereocenters. The summed E-state index contributed by atoms with van der Waals surface area (Å²) in [6.45, 7) is 3.85. The molecule has 0 fully saturated rings. The fourth-order valence-electron chi connectivity index (χ4n) is 1.65. The molecule has 0 aliphatic rings. The average molecular weight is 236 g/mol. The first-order valence-corrected chi connectivity index (χ1v) is 5.49. The van der Waals surface area contributed by atoms with Crippen LogP contribution < -0.4 is 5.73 Å². The van der Waals surface area contributed by atoms with E-state index in [1.807, 2.05) is 20.0 Å². The number of nitrogens with zero attached hydrogens (tertiary/aromatic N) is 5. The summed E-state index contributed by atoms with van der Waals surface area (Å²) in [6, 6.07) is 1.88. The molecule has 7 heteroatoms. The van der Waals surface area contributed by atoms with Crippen LogP contribution in [0.3, 0.4) is 0 Å². The number of aryl methyl sites for hydroxylation is 1. The van der Waals surface area contributed by atoms with Gasteiger partial charge in [-0.2, -0.15) is 5.10 Å². The van der Waals surface area contributed by atoms with Gasteiger partial charge in [-0.1, -0.05) is 5.21 Å². The van der Waals surface area contributed by atoms with Gasteiger partial charge >= 0.3 is 0 Å². The second-order valence-corrected chi connectivity index (χ2v) is 3.58. The van der Waals surface area contributed by atoms with E-state index in [0.717, 1.165) is 11.4 Å². The van der Waals surface area contributed by atoms with Crippen LogP contribution in [0.4, 0.5) is 5.82 Å². The number of nitrogen functional groups attached to an aromatic ring is 1. The maximum Gasteiger partial charge on any atom is 0.175 e. The van der Waals surface area contributed by atoms with Crippen LogP contribution in [0.2, 0.25) is 0 Å². The first kappa shape index (κ1) is 11.6. The first-order chi connectivity index (χ1) is 8.24. The Kier molecular flexibility index (Phi) is 3.38. The van der Waals surface area contributed by atoms with Crippen molar-refractivity contribution in [1.82, 2.24) is 24.8 Å². The molecule has 0 aromatic carbocycles. The molecule has 0 bridgehead atoms. The Hall–Kier alpha value is -1.89. The van der Waals surface area contributed by atoms with E-state index >= 15 is 0 Å². The molecule has 17 heavy (non-hydrogen) atoms. The van der Waals surface area contributed by atoms with Crippen molar-refractivity contribution in [3.8, 4) is 11.4 Å². The summed E-state index contributed by atoms with van der Waals surface area (Å²) in [5.41, 5.74) is 7.50. The van der Waals surface area contributed by atoms with Crippen LogP contribution in [-0.4, -0.2) is 38.0 Å². The number of anilines is 1. The van der Waals surface area contributed by atoms with Crippen molar-refractivity contribution in [2.45, 2.75) is 13.5 Å². The lowest BCUT2D eigenvalue weighted by atomic mass is 10.3. The first-order valence-electron chi connectivity index (χ1n) is 5.49. The molecule has 92 valence electrons. The van der Waals surface area contributed by atoms with E-state index < -0.39 is 0 Å². The van der Waals surface area contributed by atoms with E-state index in [4.69, 9.17) is 10.5 Å². The van der Waals surface area contributed by atoms with Crippen molar-refractivity contribution in [2.75, 3.05) is 18.9 Å². The van der Waals surface area contributed by atoms with Gasteiger partial charge in [0.1, 0.15) is 5.69 Å². The highest BCUT2D eigenvalue weighted by molar-refractivity contribution is 5.66. The van der Waals surface area contributed by atoms with E-state index in [2.05, 4.69) is 15.4 Å². The standard InChI is InChI=1S/C10H16N6O/c1-3-17-7-6-16-9(10(11)13-14-16)8-4-5-12-15(8)2/h4-5H,3,6-7,11H2,1-2H3. The van der Waals surface area contributed by atoms with Crippen LogP contribution in [0.15, 0.2) is 12.3 Å². The van der Waals surface area contributed by atoms with Crippen molar-refractivity contribution < 1.29 is 4.74 Å². The van der Waals surface area contributed by atoms with Gasteiger partial charge < -0.3 is 10.5 Å². The molecular formula is C10H16N6O. The molecule has 7 nitrogen and oxygen atoms in total. The predicted molar refractivity (Wildman–Crippen MR) is 63.1 cm³/mol. The molecule has 0 aliphatic carbocycles. The Bertz CT molecular complexity index is 489. The second-order valence-electron chi connectivity index (χ2n) is 3.58. The maximum absolute atomic E-state index is 5.83. The number of hydrogen-bond donors (Lipinski definition) is 1. The van der Waals surface area contributed by atoms with Crippen LogP contribution >= 0.6 is 0 Å². The highest BCUT2D eigenvalue weighted by atomic mass is 16.5. The highest BCUT2D eigenvalue weighted by Crippen LogP contribution is 2.22. The third-order valence-corrected chi connectivity index (χ3v) is 2.48. The van der Waals surface area contributed by atoms with Gasteiger partial charge in [-0.3, -0.25) is 4.68 Å². The largest absolute Gasteiger partial charge is 0.380 e. The smallest absolute Gasteiger partial charge is 0.175 e. The Morgan fingerprint density at radius 1 is 1.47 bits per heavy atom. The number of nitrogens with two attached hydrogens (primary N) is 1. The van der Waals surface area contributed by atoms with Crippen LogP contribution in [-0.2, 0) is 18.3 Å². The Labute approximate surface area is 99.2 Å². The SMILES string of the molecule is CCOCCn1nnc(N)c1-c1ccnn1C. The lowest BCUT2D eigenvalue weighted by molar-refractivity contribution is 0.136. The van der Waals surface area contributed by atoms with Gasteiger partial charge in [0.25, 0.3) is 0 Å². The zero-order chi connectivity index (χ0) is 12.3. The van der Waals surface area contributed by atoms with Crippen molar-refractivity contribution in [3.05, 3.63) is 12.3 Å². The van der Waals surface area contributed by atoms with Gasteiger partial charge in [0.15, 0.2) is 5.82 Å². The summed E-state index contributed by atoms with van der Waals surface area (Å²) in [5, 5.41) is 12.0. The van der Waals surface area contributed by atoms with Crippen LogP contribution in [0.25, 0.3) is 11.4 Å². The maximum atomic E-state index is 5.83. The van der Waals surface area contributed by atoms with Crippen molar-refractivity contribution in [3.63, 3.8) is 0 Å². The summed E-state index contributed by atoms with van der Waals surface area (Å²) in [7, 11) is 1.86. The summed E-state index contributed by atoms with van der Waals surface area (Å²) in [6.07, 6.45) is 1.72. The Balaban J connectivity index is 2.27. The lowest BCUT2D eigenvalue weighted by Crippen LogP contribution is -2.10. The monoisotopic (exact) mass is 236 g/mol. The van der Waals surface area contributed by atoms with E-state index in [1.165, 1.54) is 0 Å². The molecule has 2 aromatic heterocycles. The number of aromatic nitrogens is 5. The van der Waals surface area contributed by atoms with E-state index in [1.54, 1.807) is 15.6 Å². The van der Waals surface area contributed by atoms with E-state index in [0.29, 0.717) is 25.6 Å². The minimum atomic E-state index is 0.407. The van der Waals surface area contributed by atoms with Gasteiger partial charge in [0, 0.05) is 19.9 Å². The topological polar surface area (TPSA) is 83.8 Å². The summed E-state index contributed by atoms with van der Waals surface area (Å²) in [5.74, 6) is 0.407. The molecule has 0 radical (unpaired) electrons. The average Bonchev–Trinajstić information content (AvgIpc) is 2.86. The lowest BCUT2D eigenvalue weighted by Gasteiger charge is -2.07. The molecule has 0 saturated carbocycles. The fraction of sp³-hybridized carbons (Fsp3) is 0.500. The molecule has 0 aliphatic heterocycles. The molecule has 2 heterocycles. The molecule has 2 aromatic rings. The normalized spacial score (nSPS) is 10.9. The van der Waals surface area contributed by atoms with Crippen LogP contribution in [0.1, 0.15) is 6.92 Å². The quantitative estimate of drug-likeness (QED) is 0.755. The zero-order valence-electron chi connectivity index (χ0n) is 10.00. The molecule has 2 N–H and O–H groups in total. The molecular weight excluding hydrogens is 220 g/mol. The second kappa shape index (κ2) is 4.96. The third-order valence-electron chi connectivity index (χ3n) is 2.48. The number of hydrogen-bond acceptors (Lipinski definition) is 5. The summed E-state index contributed by atoms with van der Waals surface area (Å²) in [4.78, 5) is 0. The minimum absolute atomic E-state index is 0.407. The van der Waals surface area contributed by atoms with Gasteiger partial charge in [-0.15, -0.1) is 5.10 Å². The van der Waals surface area contributed by atoms with Gasteiger partial charge in [0.2, 0.25) is 0 Å². The van der Waals surface area contributed by atoms with E-state index in [-0.39, 0.29) is 0 Å². The Morgan fingerprint density at radius 3 is 2.94 bits per heavy atom. The van der Waals surface area contributed by atoms with Crippen LogP contribution in [0.5, 0.6) is 0 Å². The predicted octanol–water partition coefficient (Wildman–Crippen LogP) is 0.297. The molecule has 0 saturated heterocycles. The van der Waals surface area contributed by atoms with E-state index in [9.17, 15) is 0 Å². The summed E-state index contributed by atoms with van der Waals surface area (Å²) >= 11 is 0. The zero-order valence-corrected chi connectivity index (χ0v) is 10.00. The highest BCUT2D eigenvalue weighted by Gasteiger charge is 2.15. The molecule has 2 rings (SSSR count). The molecule has 0 amide bonds. The third kappa shape index (κ3) is 2.28. The number of rotatable bonds is 5. The van der Waals surface area contributed by atoms with Crippen molar-refractivity contribution in [1.29, 1.82) is 0 Å². The van der Waals surface area contributed by atoms with Crippen LogP contribution in [0, 0.1) is 0 Å².